The first-order valence-corrected chi connectivity index (χ1v) is 10.5. The van der Waals surface area contributed by atoms with E-state index in [1.54, 1.807) is 0 Å². The van der Waals surface area contributed by atoms with E-state index in [2.05, 4.69) is 10.6 Å². The molecule has 0 heterocycles. The smallest absolute Gasteiger partial charge is 0.258 e. The molecule has 10 heteroatoms. The Morgan fingerprint density at radius 3 is 1.17 bits per heavy atom. The van der Waals surface area contributed by atoms with Crippen molar-refractivity contribution < 1.29 is 29.4 Å². The van der Waals surface area contributed by atoms with Gasteiger partial charge in [-0.2, -0.15) is 0 Å². The van der Waals surface area contributed by atoms with Crippen LogP contribution in [0.15, 0.2) is 0 Å². The molecule has 0 aromatic heterocycles. The van der Waals surface area contributed by atoms with Crippen LogP contribution >= 0.6 is 0 Å². The van der Waals surface area contributed by atoms with Crippen molar-refractivity contribution in [2.75, 3.05) is 13.1 Å². The Hall–Kier alpha value is -1.88. The van der Waals surface area contributed by atoms with E-state index >= 15 is 0 Å². The number of carbonyl (C=O) groups is 4. The summed E-state index contributed by atoms with van der Waals surface area (Å²) in [5.41, 5.74) is 0. The topological polar surface area (TPSA) is 157 Å². The summed E-state index contributed by atoms with van der Waals surface area (Å²) in [6, 6.07) is -1.31. The molecule has 0 aliphatic carbocycles. The first kappa shape index (κ1) is 28.1. The molecule has 174 valence electrons. The summed E-state index contributed by atoms with van der Waals surface area (Å²) in [7, 11) is 0. The Morgan fingerprint density at radius 2 is 0.933 bits per heavy atom. The van der Waals surface area contributed by atoms with E-state index < -0.39 is 47.9 Å². The standard InChI is InChI=1S/C20H38N4O6/c1-7-21-13(9-11(3)4)17(27)23-19(29)15(25)16(26)20(30)24-18(28)14(22-8-2)10-12(5)6/h11-16,21-22,25-26H,7-10H2,1-6H3,(H,23,27,29)(H,24,28,30). The molecule has 4 unspecified atom stereocenters. The highest BCUT2D eigenvalue weighted by atomic mass is 16.3. The Morgan fingerprint density at radius 1 is 0.633 bits per heavy atom. The van der Waals surface area contributed by atoms with Crippen molar-refractivity contribution in [1.29, 1.82) is 0 Å². The van der Waals surface area contributed by atoms with Gasteiger partial charge in [0, 0.05) is 0 Å². The van der Waals surface area contributed by atoms with Gasteiger partial charge in [0.1, 0.15) is 0 Å². The van der Waals surface area contributed by atoms with Gasteiger partial charge < -0.3 is 20.8 Å². The molecule has 4 amide bonds. The zero-order valence-corrected chi connectivity index (χ0v) is 18.8. The summed E-state index contributed by atoms with van der Waals surface area (Å²) >= 11 is 0. The summed E-state index contributed by atoms with van der Waals surface area (Å²) in [6.07, 6.45) is -3.48. The van der Waals surface area contributed by atoms with E-state index in [9.17, 15) is 29.4 Å². The predicted octanol–water partition coefficient (Wildman–Crippen LogP) is -0.958. The van der Waals surface area contributed by atoms with Crippen LogP contribution in [-0.2, 0) is 19.2 Å². The maximum Gasteiger partial charge on any atom is 0.258 e. The quantitative estimate of drug-likeness (QED) is 0.218. The molecular formula is C20H38N4O6. The average molecular weight is 431 g/mol. The van der Waals surface area contributed by atoms with Crippen LogP contribution in [0.5, 0.6) is 0 Å². The second-order valence-corrected chi connectivity index (χ2v) is 8.08. The first-order chi connectivity index (χ1) is 13.9. The lowest BCUT2D eigenvalue weighted by Gasteiger charge is -2.22. The van der Waals surface area contributed by atoms with Gasteiger partial charge in [0.15, 0.2) is 12.2 Å². The molecule has 4 atom stereocenters. The normalized spacial score (nSPS) is 15.4. The van der Waals surface area contributed by atoms with Crippen LogP contribution in [-0.4, -0.2) is 71.2 Å². The minimum absolute atomic E-state index is 0.178. The van der Waals surface area contributed by atoms with Crippen LogP contribution in [0.3, 0.4) is 0 Å². The average Bonchev–Trinajstić information content (AvgIpc) is 2.65. The molecular weight excluding hydrogens is 392 g/mol. The number of hydrogen-bond acceptors (Lipinski definition) is 8. The lowest BCUT2D eigenvalue weighted by Crippen LogP contribution is -2.56. The van der Waals surface area contributed by atoms with Crippen LogP contribution in [0.2, 0.25) is 0 Å². The number of imide groups is 2. The van der Waals surface area contributed by atoms with E-state index in [0.717, 1.165) is 0 Å². The van der Waals surface area contributed by atoms with Gasteiger partial charge in [0.2, 0.25) is 11.8 Å². The lowest BCUT2D eigenvalue weighted by atomic mass is 10.0. The molecule has 30 heavy (non-hydrogen) atoms. The van der Waals surface area contributed by atoms with Gasteiger partial charge in [0.05, 0.1) is 12.1 Å². The molecule has 0 radical (unpaired) electrons. The minimum Gasteiger partial charge on any atom is -0.380 e. The van der Waals surface area contributed by atoms with Crippen LogP contribution in [0.25, 0.3) is 0 Å². The molecule has 0 spiro atoms. The Kier molecular flexibility index (Phi) is 13.3. The highest BCUT2D eigenvalue weighted by Crippen LogP contribution is 2.07. The summed E-state index contributed by atoms with van der Waals surface area (Å²) in [6.45, 7) is 12.3. The second-order valence-electron chi connectivity index (χ2n) is 8.08. The molecule has 0 aliphatic heterocycles. The zero-order chi connectivity index (χ0) is 23.4. The van der Waals surface area contributed by atoms with Crippen LogP contribution in [0.1, 0.15) is 54.4 Å². The highest BCUT2D eigenvalue weighted by molar-refractivity contribution is 6.04. The van der Waals surface area contributed by atoms with Crippen molar-refractivity contribution in [2.45, 2.75) is 78.7 Å². The van der Waals surface area contributed by atoms with Crippen molar-refractivity contribution in [3.63, 3.8) is 0 Å². The SMILES string of the molecule is CCNC(CC(C)C)C(=O)NC(=O)C(O)C(O)C(=O)NC(=O)C(CC(C)C)NCC. The number of aliphatic hydroxyl groups excluding tert-OH is 2. The fraction of sp³-hybridized carbons (Fsp3) is 0.800. The summed E-state index contributed by atoms with van der Waals surface area (Å²) in [5, 5.41) is 29.8. The molecule has 0 bridgehead atoms. The highest BCUT2D eigenvalue weighted by Gasteiger charge is 2.34. The number of aliphatic hydroxyl groups is 2. The van der Waals surface area contributed by atoms with Gasteiger partial charge in [-0.15, -0.1) is 0 Å². The van der Waals surface area contributed by atoms with E-state index in [1.165, 1.54) is 0 Å². The van der Waals surface area contributed by atoms with E-state index in [4.69, 9.17) is 0 Å². The Labute approximate surface area is 178 Å². The maximum atomic E-state index is 12.3. The molecule has 0 rings (SSSR count). The third kappa shape index (κ3) is 10.2. The fourth-order valence-corrected chi connectivity index (χ4v) is 2.85. The van der Waals surface area contributed by atoms with Gasteiger partial charge in [0.25, 0.3) is 11.8 Å². The monoisotopic (exact) mass is 430 g/mol. The first-order valence-electron chi connectivity index (χ1n) is 10.5. The number of nitrogens with one attached hydrogen (secondary N) is 4. The molecule has 6 N–H and O–H groups in total. The van der Waals surface area contributed by atoms with E-state index in [0.29, 0.717) is 25.9 Å². The Balaban J connectivity index is 4.93. The molecule has 0 saturated carbocycles. The molecule has 0 aliphatic rings. The summed E-state index contributed by atoms with van der Waals surface area (Å²) < 4.78 is 0. The van der Waals surface area contributed by atoms with E-state index in [-0.39, 0.29) is 11.8 Å². The maximum absolute atomic E-state index is 12.3. The van der Waals surface area contributed by atoms with Gasteiger partial charge in [-0.05, 0) is 37.8 Å². The van der Waals surface area contributed by atoms with Crippen molar-refractivity contribution in [3.8, 4) is 0 Å². The van der Waals surface area contributed by atoms with Crippen LogP contribution < -0.4 is 21.3 Å². The predicted molar refractivity (Wildman–Crippen MR) is 112 cm³/mol. The number of amides is 4. The number of carbonyl (C=O) groups excluding carboxylic acids is 4. The third-order valence-electron chi connectivity index (χ3n) is 4.28. The minimum atomic E-state index is -2.20. The lowest BCUT2D eigenvalue weighted by molar-refractivity contribution is -0.150. The number of hydrogen-bond donors (Lipinski definition) is 6. The largest absolute Gasteiger partial charge is 0.380 e. The summed E-state index contributed by atoms with van der Waals surface area (Å²) in [5.74, 6) is -3.40. The van der Waals surface area contributed by atoms with Gasteiger partial charge in [-0.1, -0.05) is 41.5 Å². The fourth-order valence-electron chi connectivity index (χ4n) is 2.85. The van der Waals surface area contributed by atoms with Crippen molar-refractivity contribution in [2.24, 2.45) is 11.8 Å². The van der Waals surface area contributed by atoms with Gasteiger partial charge >= 0.3 is 0 Å². The van der Waals surface area contributed by atoms with Crippen LogP contribution in [0, 0.1) is 11.8 Å². The van der Waals surface area contributed by atoms with Crippen molar-refractivity contribution in [3.05, 3.63) is 0 Å². The molecule has 0 saturated heterocycles. The molecule has 0 aromatic carbocycles. The summed E-state index contributed by atoms with van der Waals surface area (Å²) in [4.78, 5) is 48.8. The zero-order valence-electron chi connectivity index (χ0n) is 18.8. The number of rotatable bonds is 13. The third-order valence-corrected chi connectivity index (χ3v) is 4.28. The van der Waals surface area contributed by atoms with Crippen molar-refractivity contribution in [1.82, 2.24) is 21.3 Å². The molecule has 0 fully saturated rings. The second kappa shape index (κ2) is 14.2. The Bertz CT molecular complexity index is 532. The molecule has 10 nitrogen and oxygen atoms in total. The van der Waals surface area contributed by atoms with Gasteiger partial charge in [-0.3, -0.25) is 29.8 Å². The molecule has 0 aromatic rings. The van der Waals surface area contributed by atoms with Gasteiger partial charge in [-0.25, -0.2) is 0 Å². The number of likely N-dealkylation sites (N-methyl/N-ethyl adjacent to an activating group) is 2. The van der Waals surface area contributed by atoms with Crippen LogP contribution in [0.4, 0.5) is 0 Å². The van der Waals surface area contributed by atoms with E-state index in [1.807, 2.05) is 52.2 Å². The van der Waals surface area contributed by atoms with Crippen molar-refractivity contribution >= 4 is 23.6 Å².